The number of nitro benzene ring substituents is 1. The van der Waals surface area contributed by atoms with Crippen LogP contribution in [-0.2, 0) is 14.3 Å². The van der Waals surface area contributed by atoms with Gasteiger partial charge in [-0.1, -0.05) is 11.6 Å². The first-order valence-electron chi connectivity index (χ1n) is 5.79. The Morgan fingerprint density at radius 1 is 1.48 bits per heavy atom. The second kappa shape index (κ2) is 6.98. The van der Waals surface area contributed by atoms with E-state index >= 15 is 0 Å². The van der Waals surface area contributed by atoms with Crippen LogP contribution >= 0.6 is 11.6 Å². The summed E-state index contributed by atoms with van der Waals surface area (Å²) in [4.78, 5) is 32.8. The fraction of sp³-hybridized carbons (Fsp3) is 0.333. The van der Waals surface area contributed by atoms with Gasteiger partial charge in [0.25, 0.3) is 0 Å². The lowest BCUT2D eigenvalue weighted by atomic mass is 10.2. The van der Waals surface area contributed by atoms with Crippen LogP contribution in [0.15, 0.2) is 12.1 Å². The van der Waals surface area contributed by atoms with Gasteiger partial charge in [0.1, 0.15) is 0 Å². The quantitative estimate of drug-likeness (QED) is 0.470. The van der Waals surface area contributed by atoms with Crippen LogP contribution in [-0.4, -0.2) is 29.6 Å². The highest BCUT2D eigenvalue weighted by Gasteiger charge is 2.25. The zero-order chi connectivity index (χ0) is 16.2. The number of esters is 2. The zero-order valence-electron chi connectivity index (χ0n) is 11.1. The molecule has 1 aromatic rings. The maximum atomic E-state index is 13.3. The van der Waals surface area contributed by atoms with Crippen molar-refractivity contribution >= 4 is 29.2 Å². The first-order valence-corrected chi connectivity index (χ1v) is 6.16. The number of hydrogen-bond donors (Lipinski definition) is 0. The molecule has 0 radical (unpaired) electrons. The highest BCUT2D eigenvalue weighted by molar-refractivity contribution is 6.33. The molecule has 7 nitrogen and oxygen atoms in total. The SMILES string of the molecule is CCOC(=O)[C@H](C)OC(=O)c1cc([N+](=O)[O-])c(F)cc1Cl. The number of nitrogens with zero attached hydrogens (tertiary/aromatic N) is 1. The van der Waals surface area contributed by atoms with Gasteiger partial charge in [-0.3, -0.25) is 10.1 Å². The molecule has 0 saturated carbocycles. The van der Waals surface area contributed by atoms with Crippen LogP contribution in [0.5, 0.6) is 0 Å². The number of halogens is 2. The monoisotopic (exact) mass is 319 g/mol. The summed E-state index contributed by atoms with van der Waals surface area (Å²) >= 11 is 5.65. The highest BCUT2D eigenvalue weighted by atomic mass is 35.5. The summed E-state index contributed by atoms with van der Waals surface area (Å²) in [6, 6.07) is 1.28. The maximum Gasteiger partial charge on any atom is 0.347 e. The summed E-state index contributed by atoms with van der Waals surface area (Å²) in [5.74, 6) is -3.05. The molecule has 0 N–H and O–H groups in total. The van der Waals surface area contributed by atoms with Crippen molar-refractivity contribution < 1.29 is 28.4 Å². The molecule has 1 rings (SSSR count). The number of hydrogen-bond acceptors (Lipinski definition) is 6. The Balaban J connectivity index is 3.00. The fourth-order valence-corrected chi connectivity index (χ4v) is 1.59. The Morgan fingerprint density at radius 3 is 2.62 bits per heavy atom. The van der Waals surface area contributed by atoms with Crippen molar-refractivity contribution in [2.75, 3.05) is 6.61 Å². The average molecular weight is 320 g/mol. The van der Waals surface area contributed by atoms with Crippen molar-refractivity contribution in [1.29, 1.82) is 0 Å². The van der Waals surface area contributed by atoms with Gasteiger partial charge in [0.2, 0.25) is 5.82 Å². The molecule has 0 aliphatic heterocycles. The zero-order valence-corrected chi connectivity index (χ0v) is 11.8. The van der Waals surface area contributed by atoms with Crippen molar-refractivity contribution in [3.8, 4) is 0 Å². The number of carbonyl (C=O) groups is 2. The summed E-state index contributed by atoms with van der Waals surface area (Å²) in [5.41, 5.74) is -1.34. The Kier molecular flexibility index (Phi) is 5.60. The molecule has 9 heteroatoms. The number of rotatable bonds is 5. The number of nitro groups is 1. The molecule has 0 heterocycles. The van der Waals surface area contributed by atoms with Crippen LogP contribution in [0.4, 0.5) is 10.1 Å². The third-order valence-corrected chi connectivity index (χ3v) is 2.67. The predicted molar refractivity (Wildman–Crippen MR) is 69.6 cm³/mol. The minimum Gasteiger partial charge on any atom is -0.463 e. The van der Waals surface area contributed by atoms with E-state index in [0.717, 1.165) is 0 Å². The van der Waals surface area contributed by atoms with Gasteiger partial charge >= 0.3 is 17.6 Å². The summed E-state index contributed by atoms with van der Waals surface area (Å²) in [6.07, 6.45) is -1.22. The predicted octanol–water partition coefficient (Wildman–Crippen LogP) is 2.50. The molecule has 0 spiro atoms. The Bertz CT molecular complexity index is 591. The third-order valence-electron chi connectivity index (χ3n) is 2.36. The molecule has 0 saturated heterocycles. The molecule has 0 amide bonds. The molecular weight excluding hydrogens is 309 g/mol. The van der Waals surface area contributed by atoms with E-state index in [9.17, 15) is 24.1 Å². The smallest absolute Gasteiger partial charge is 0.347 e. The van der Waals surface area contributed by atoms with Gasteiger partial charge < -0.3 is 9.47 Å². The normalized spacial score (nSPS) is 11.6. The summed E-state index contributed by atoms with van der Waals surface area (Å²) in [5, 5.41) is 10.3. The Labute approximate surface area is 123 Å². The third kappa shape index (κ3) is 4.12. The van der Waals surface area contributed by atoms with Crippen molar-refractivity contribution in [2.24, 2.45) is 0 Å². The molecule has 0 unspecified atom stereocenters. The molecule has 0 aliphatic carbocycles. The molecular formula is C12H11ClFNO6. The lowest BCUT2D eigenvalue weighted by molar-refractivity contribution is -0.387. The van der Waals surface area contributed by atoms with E-state index in [2.05, 4.69) is 4.74 Å². The highest BCUT2D eigenvalue weighted by Crippen LogP contribution is 2.26. The molecule has 21 heavy (non-hydrogen) atoms. The Morgan fingerprint density at radius 2 is 2.10 bits per heavy atom. The molecule has 0 aliphatic rings. The number of ether oxygens (including phenoxy) is 2. The van der Waals surface area contributed by atoms with Gasteiger partial charge in [-0.15, -0.1) is 0 Å². The second-order valence-corrected chi connectivity index (χ2v) is 4.25. The summed E-state index contributed by atoms with van der Waals surface area (Å²) in [7, 11) is 0. The van der Waals surface area contributed by atoms with Crippen LogP contribution in [0.3, 0.4) is 0 Å². The van der Waals surface area contributed by atoms with E-state index in [0.29, 0.717) is 12.1 Å². The van der Waals surface area contributed by atoms with Crippen LogP contribution < -0.4 is 0 Å². The van der Waals surface area contributed by atoms with Gasteiger partial charge in [0.15, 0.2) is 6.10 Å². The van der Waals surface area contributed by atoms with E-state index in [1.165, 1.54) is 6.92 Å². The Hall–Kier alpha value is -2.22. The molecule has 0 fully saturated rings. The van der Waals surface area contributed by atoms with Crippen LogP contribution in [0.25, 0.3) is 0 Å². The first kappa shape index (κ1) is 16.8. The largest absolute Gasteiger partial charge is 0.463 e. The minimum absolute atomic E-state index is 0.101. The number of carbonyl (C=O) groups excluding carboxylic acids is 2. The topological polar surface area (TPSA) is 95.7 Å². The molecule has 0 aromatic heterocycles. The van der Waals surface area contributed by atoms with Crippen LogP contribution in [0.2, 0.25) is 5.02 Å². The van der Waals surface area contributed by atoms with Crippen molar-refractivity contribution in [2.45, 2.75) is 20.0 Å². The lowest BCUT2D eigenvalue weighted by Crippen LogP contribution is -2.26. The molecule has 1 atom stereocenters. The van der Waals surface area contributed by atoms with Gasteiger partial charge in [-0.05, 0) is 13.8 Å². The van der Waals surface area contributed by atoms with Crippen molar-refractivity contribution in [3.63, 3.8) is 0 Å². The van der Waals surface area contributed by atoms with Crippen LogP contribution in [0.1, 0.15) is 24.2 Å². The average Bonchev–Trinajstić information content (AvgIpc) is 2.38. The molecule has 114 valence electrons. The van der Waals surface area contributed by atoms with Crippen LogP contribution in [0, 0.1) is 15.9 Å². The van der Waals surface area contributed by atoms with E-state index in [1.807, 2.05) is 0 Å². The standard InChI is InChI=1S/C12H11ClFNO6/c1-3-20-11(16)6(2)21-12(17)7-4-10(15(18)19)9(14)5-8(7)13/h4-6H,3H2,1-2H3/t6-/m0/s1. The maximum absolute atomic E-state index is 13.3. The fourth-order valence-electron chi connectivity index (χ4n) is 1.37. The lowest BCUT2D eigenvalue weighted by Gasteiger charge is -2.12. The summed E-state index contributed by atoms with van der Waals surface area (Å²) < 4.78 is 22.7. The van der Waals surface area contributed by atoms with Crippen molar-refractivity contribution in [1.82, 2.24) is 0 Å². The van der Waals surface area contributed by atoms with Gasteiger partial charge in [-0.2, -0.15) is 4.39 Å². The van der Waals surface area contributed by atoms with Crippen molar-refractivity contribution in [3.05, 3.63) is 38.7 Å². The molecule has 1 aromatic carbocycles. The van der Waals surface area contributed by atoms with E-state index in [-0.39, 0.29) is 11.6 Å². The molecule has 0 bridgehead atoms. The summed E-state index contributed by atoms with van der Waals surface area (Å²) in [6.45, 7) is 2.94. The van der Waals surface area contributed by atoms with E-state index in [1.54, 1.807) is 6.92 Å². The van der Waals surface area contributed by atoms with Gasteiger partial charge in [0.05, 0.1) is 22.1 Å². The van der Waals surface area contributed by atoms with Gasteiger partial charge in [0, 0.05) is 12.1 Å². The van der Waals surface area contributed by atoms with E-state index in [4.69, 9.17) is 16.3 Å². The van der Waals surface area contributed by atoms with Gasteiger partial charge in [-0.25, -0.2) is 9.59 Å². The van der Waals surface area contributed by atoms with E-state index < -0.39 is 40.0 Å². The number of benzene rings is 1. The first-order chi connectivity index (χ1) is 9.77. The second-order valence-electron chi connectivity index (χ2n) is 3.84. The minimum atomic E-state index is -1.22.